The van der Waals surface area contributed by atoms with E-state index in [1.807, 2.05) is 0 Å². The molecule has 1 aliphatic carbocycles. The normalized spacial score (nSPS) is 14.4. The van der Waals surface area contributed by atoms with Gasteiger partial charge in [0.05, 0.1) is 11.8 Å². The minimum absolute atomic E-state index is 0.0105. The third-order valence-corrected chi connectivity index (χ3v) is 3.33. The summed E-state index contributed by atoms with van der Waals surface area (Å²) in [6, 6.07) is 3.20. The van der Waals surface area contributed by atoms with E-state index in [-0.39, 0.29) is 17.0 Å². The predicted octanol–water partition coefficient (Wildman–Crippen LogP) is 2.63. The minimum Gasteiger partial charge on any atom is -0.346 e. The first-order valence-electron chi connectivity index (χ1n) is 5.74. The lowest BCUT2D eigenvalue weighted by Crippen LogP contribution is -2.24. The topological polar surface area (TPSA) is 74.8 Å². The van der Waals surface area contributed by atoms with Gasteiger partial charge in [0.1, 0.15) is 33.7 Å². The maximum absolute atomic E-state index is 13.6. The summed E-state index contributed by atoms with van der Waals surface area (Å²) in [5.41, 5.74) is -1.01. The lowest BCUT2D eigenvalue weighted by atomic mass is 9.99. The van der Waals surface area contributed by atoms with Crippen LogP contribution in [0, 0.1) is 11.6 Å². The fraction of sp³-hybridized carbons (Fsp3) is 0. The fourth-order valence-corrected chi connectivity index (χ4v) is 2.17. The third-order valence-electron chi connectivity index (χ3n) is 2.97. The number of carbonyl (C=O) groups is 2. The van der Waals surface area contributed by atoms with E-state index in [1.54, 1.807) is 0 Å². The third kappa shape index (κ3) is 2.02. The van der Waals surface area contributed by atoms with Gasteiger partial charge in [-0.1, -0.05) is 17.7 Å². The van der Waals surface area contributed by atoms with Gasteiger partial charge in [-0.2, -0.15) is 5.10 Å². The van der Waals surface area contributed by atoms with Crippen molar-refractivity contribution in [2.24, 2.45) is 0 Å². The maximum atomic E-state index is 13.6. The second-order valence-electron chi connectivity index (χ2n) is 4.23. The molecule has 21 heavy (non-hydrogen) atoms. The molecule has 1 aromatic carbocycles. The fourth-order valence-electron chi connectivity index (χ4n) is 1.94. The van der Waals surface area contributed by atoms with Crippen LogP contribution in [0.1, 0.15) is 20.8 Å². The number of hydrogen-bond acceptors (Lipinski definition) is 4. The van der Waals surface area contributed by atoms with Gasteiger partial charge in [-0.05, 0) is 12.1 Å². The van der Waals surface area contributed by atoms with E-state index in [9.17, 15) is 18.4 Å². The Morgan fingerprint density at radius 2 is 1.81 bits per heavy atom. The number of anilines is 1. The van der Waals surface area contributed by atoms with Crippen molar-refractivity contribution in [1.29, 1.82) is 0 Å². The average Bonchev–Trinajstić information content (AvgIpc) is 2.93. The van der Waals surface area contributed by atoms with Gasteiger partial charge in [0.15, 0.2) is 0 Å². The molecule has 2 aromatic rings. The Labute approximate surface area is 121 Å². The molecule has 1 aromatic heterocycles. The van der Waals surface area contributed by atoms with Crippen molar-refractivity contribution >= 4 is 28.9 Å². The van der Waals surface area contributed by atoms with Crippen molar-refractivity contribution in [2.75, 3.05) is 5.32 Å². The summed E-state index contributed by atoms with van der Waals surface area (Å²) in [5.74, 6) is -3.18. The predicted molar refractivity (Wildman–Crippen MR) is 70.1 cm³/mol. The number of carbonyl (C=O) groups excluding carboxylic acids is 2. The molecule has 1 heterocycles. The van der Waals surface area contributed by atoms with Crippen LogP contribution in [0.4, 0.5) is 14.5 Å². The number of allylic oxidation sites excluding steroid dienone is 2. The summed E-state index contributed by atoms with van der Waals surface area (Å²) in [6.07, 6.45) is 1.15. The first kappa shape index (κ1) is 13.4. The molecule has 0 unspecified atom stereocenters. The number of Topliss-reactive ketones (excluding diaryl/α,β-unsaturated/α-hetero) is 2. The zero-order valence-electron chi connectivity index (χ0n) is 10.2. The first-order valence-corrected chi connectivity index (χ1v) is 6.12. The Morgan fingerprint density at radius 1 is 1.14 bits per heavy atom. The van der Waals surface area contributed by atoms with Crippen LogP contribution < -0.4 is 5.32 Å². The second-order valence-corrected chi connectivity index (χ2v) is 4.61. The second kappa shape index (κ2) is 4.78. The Balaban J connectivity index is 2.08. The van der Waals surface area contributed by atoms with Crippen LogP contribution in [0.2, 0.25) is 0 Å². The number of halogens is 3. The van der Waals surface area contributed by atoms with Crippen LogP contribution in [-0.4, -0.2) is 21.8 Å². The highest BCUT2D eigenvalue weighted by Crippen LogP contribution is 2.29. The van der Waals surface area contributed by atoms with Crippen molar-refractivity contribution in [2.45, 2.75) is 0 Å². The average molecular weight is 310 g/mol. The van der Waals surface area contributed by atoms with Crippen LogP contribution >= 0.6 is 11.6 Å². The number of nitrogens with one attached hydrogen (secondary N) is 2. The summed E-state index contributed by atoms with van der Waals surface area (Å²) in [5, 5.41) is 7.75. The highest BCUT2D eigenvalue weighted by Gasteiger charge is 2.34. The molecule has 5 nitrogen and oxygen atoms in total. The molecule has 0 spiro atoms. The van der Waals surface area contributed by atoms with Crippen LogP contribution in [-0.2, 0) is 0 Å². The zero-order valence-corrected chi connectivity index (χ0v) is 11.0. The Kier molecular flexibility index (Phi) is 3.06. The van der Waals surface area contributed by atoms with Crippen molar-refractivity contribution in [3.05, 3.63) is 58.0 Å². The molecule has 0 bridgehead atoms. The van der Waals surface area contributed by atoms with Gasteiger partial charge in [-0.3, -0.25) is 14.7 Å². The number of fused-ring (bicyclic) bond motifs is 1. The number of para-hydroxylation sites is 1. The monoisotopic (exact) mass is 309 g/mol. The number of aromatic amines is 1. The molecule has 0 radical (unpaired) electrons. The number of ketones is 2. The molecule has 8 heteroatoms. The molecule has 0 atom stereocenters. The number of aromatic nitrogens is 2. The van der Waals surface area contributed by atoms with E-state index in [1.165, 1.54) is 6.07 Å². The molecule has 0 fully saturated rings. The smallest absolute Gasteiger partial charge is 0.225 e. The molecule has 2 N–H and O–H groups in total. The number of rotatable bonds is 2. The van der Waals surface area contributed by atoms with E-state index in [0.29, 0.717) is 0 Å². The van der Waals surface area contributed by atoms with Gasteiger partial charge in [-0.15, -0.1) is 0 Å². The van der Waals surface area contributed by atoms with E-state index < -0.39 is 33.9 Å². The van der Waals surface area contributed by atoms with Gasteiger partial charge < -0.3 is 5.32 Å². The van der Waals surface area contributed by atoms with Crippen LogP contribution in [0.5, 0.6) is 0 Å². The standard InChI is InChI=1S/C13H6ClF2N3O2/c14-8-11(18-10-6(15)2-1-3-7(10)16)12(20)5-4-17-19-9(5)13(8)21/h1-4,18H,(H,17,19). The molecule has 0 amide bonds. The van der Waals surface area contributed by atoms with Crippen LogP contribution in [0.3, 0.4) is 0 Å². The molecule has 1 aliphatic rings. The first-order chi connectivity index (χ1) is 10.0. The molecular weight excluding hydrogens is 304 g/mol. The number of benzene rings is 1. The minimum atomic E-state index is -0.912. The Hall–Kier alpha value is -2.54. The van der Waals surface area contributed by atoms with E-state index in [4.69, 9.17) is 11.6 Å². The molecule has 106 valence electrons. The quantitative estimate of drug-likeness (QED) is 0.894. The molecule has 3 rings (SSSR count). The van der Waals surface area contributed by atoms with Crippen LogP contribution in [0.15, 0.2) is 35.1 Å². The Bertz CT molecular complexity index is 793. The maximum Gasteiger partial charge on any atom is 0.225 e. The lowest BCUT2D eigenvalue weighted by molar-refractivity contribution is 0.0979. The van der Waals surface area contributed by atoms with Gasteiger partial charge in [-0.25, -0.2) is 8.78 Å². The lowest BCUT2D eigenvalue weighted by Gasteiger charge is -2.16. The molecule has 0 aliphatic heterocycles. The van der Waals surface area contributed by atoms with Crippen molar-refractivity contribution in [1.82, 2.24) is 10.2 Å². The van der Waals surface area contributed by atoms with E-state index in [2.05, 4.69) is 15.5 Å². The number of H-pyrrole nitrogens is 1. The van der Waals surface area contributed by atoms with E-state index >= 15 is 0 Å². The summed E-state index contributed by atoms with van der Waals surface area (Å²) >= 11 is 5.82. The molecule has 0 saturated heterocycles. The highest BCUT2D eigenvalue weighted by molar-refractivity contribution is 6.50. The zero-order chi connectivity index (χ0) is 15.1. The molecule has 0 saturated carbocycles. The summed E-state index contributed by atoms with van der Waals surface area (Å²) in [4.78, 5) is 24.2. The number of hydrogen-bond donors (Lipinski definition) is 2. The van der Waals surface area contributed by atoms with Crippen molar-refractivity contribution < 1.29 is 18.4 Å². The highest BCUT2D eigenvalue weighted by atomic mass is 35.5. The summed E-state index contributed by atoms with van der Waals surface area (Å²) in [7, 11) is 0. The molecular formula is C13H6ClF2N3O2. The summed E-state index contributed by atoms with van der Waals surface area (Å²) < 4.78 is 27.2. The van der Waals surface area contributed by atoms with Gasteiger partial charge >= 0.3 is 0 Å². The van der Waals surface area contributed by atoms with Crippen LogP contribution in [0.25, 0.3) is 0 Å². The van der Waals surface area contributed by atoms with Gasteiger partial charge in [0.25, 0.3) is 0 Å². The van der Waals surface area contributed by atoms with E-state index in [0.717, 1.165) is 18.3 Å². The van der Waals surface area contributed by atoms with Gasteiger partial charge in [0.2, 0.25) is 11.6 Å². The van der Waals surface area contributed by atoms with Crippen molar-refractivity contribution in [3.8, 4) is 0 Å². The number of nitrogens with zero attached hydrogens (tertiary/aromatic N) is 1. The summed E-state index contributed by atoms with van der Waals surface area (Å²) in [6.45, 7) is 0. The van der Waals surface area contributed by atoms with Crippen molar-refractivity contribution in [3.63, 3.8) is 0 Å². The Morgan fingerprint density at radius 3 is 2.48 bits per heavy atom. The SMILES string of the molecule is O=C1C(Nc2c(F)cccc2F)=C(Cl)C(=O)c2[nH]ncc21. The largest absolute Gasteiger partial charge is 0.346 e. The van der Waals surface area contributed by atoms with Gasteiger partial charge in [0, 0.05) is 0 Å².